The Bertz CT molecular complexity index is 969. The Labute approximate surface area is 167 Å². The number of aliphatic hydroxyl groups is 1. The molecule has 4 rings (SSSR count). The van der Waals surface area contributed by atoms with E-state index in [1.807, 2.05) is 28.2 Å². The van der Waals surface area contributed by atoms with Gasteiger partial charge in [0.2, 0.25) is 12.0 Å². The van der Waals surface area contributed by atoms with Gasteiger partial charge in [0.25, 0.3) is 0 Å². The Morgan fingerprint density at radius 2 is 2.14 bits per heavy atom. The van der Waals surface area contributed by atoms with E-state index < -0.39 is 30.3 Å². The summed E-state index contributed by atoms with van der Waals surface area (Å²) < 4.78 is 19.5. The second kappa shape index (κ2) is 7.33. The maximum Gasteiger partial charge on any atom is 0.226 e. The van der Waals surface area contributed by atoms with Crippen molar-refractivity contribution in [1.82, 2.24) is 24.4 Å². The standard InChI is InChI=1S/C18H23N7O4/c1-23(2)10-21-16-11-5-6-13(25(11)22-9-20-16)18(8-19)15-14(12(7-26)29-18)27-17(28-15)24(3)4/h5-6,9-10,12,14-15,17,26H,7H2,1-4H3/b21-10-/t12-,14-,15-,17?,18+/m1/s1. The summed E-state index contributed by atoms with van der Waals surface area (Å²) in [6.07, 6.45) is 0.327. The lowest BCUT2D eigenvalue weighted by molar-refractivity contribution is -0.203. The molecule has 2 aliphatic heterocycles. The number of hydrogen-bond acceptors (Lipinski definition) is 9. The van der Waals surface area contributed by atoms with E-state index in [0.717, 1.165) is 0 Å². The lowest BCUT2D eigenvalue weighted by Gasteiger charge is -2.27. The summed E-state index contributed by atoms with van der Waals surface area (Å²) in [4.78, 5) is 12.1. The summed E-state index contributed by atoms with van der Waals surface area (Å²) in [7, 11) is 7.33. The number of aliphatic imine (C=N–C) groups is 1. The zero-order valence-corrected chi connectivity index (χ0v) is 16.6. The third-order valence-corrected chi connectivity index (χ3v) is 4.93. The van der Waals surface area contributed by atoms with Crippen LogP contribution in [0.5, 0.6) is 0 Å². The van der Waals surface area contributed by atoms with Crippen molar-refractivity contribution in [2.45, 2.75) is 30.3 Å². The summed E-state index contributed by atoms with van der Waals surface area (Å²) in [5.74, 6) is 0.455. The lowest BCUT2D eigenvalue weighted by atomic mass is 9.92. The van der Waals surface area contributed by atoms with E-state index in [-0.39, 0.29) is 6.61 Å². The van der Waals surface area contributed by atoms with E-state index in [1.54, 1.807) is 32.8 Å². The number of rotatable bonds is 5. The van der Waals surface area contributed by atoms with E-state index in [4.69, 9.17) is 14.2 Å². The first kappa shape index (κ1) is 19.7. The van der Waals surface area contributed by atoms with E-state index in [2.05, 4.69) is 21.1 Å². The minimum Gasteiger partial charge on any atom is -0.394 e. The highest BCUT2D eigenvalue weighted by Gasteiger charge is 2.64. The van der Waals surface area contributed by atoms with Gasteiger partial charge in [0.1, 0.15) is 36.2 Å². The number of aliphatic hydroxyl groups excluding tert-OH is 1. The molecule has 0 aromatic carbocycles. The molecule has 5 atom stereocenters. The Morgan fingerprint density at radius 1 is 1.34 bits per heavy atom. The third kappa shape index (κ3) is 3.06. The number of aromatic nitrogens is 3. The minimum atomic E-state index is -1.51. The highest BCUT2D eigenvalue weighted by atomic mass is 16.8. The fourth-order valence-corrected chi connectivity index (χ4v) is 3.63. The van der Waals surface area contributed by atoms with Crippen LogP contribution < -0.4 is 0 Å². The summed E-state index contributed by atoms with van der Waals surface area (Å²) in [6, 6.07) is 5.77. The molecule has 4 heterocycles. The van der Waals surface area contributed by atoms with Crippen LogP contribution in [0.1, 0.15) is 5.69 Å². The van der Waals surface area contributed by atoms with Gasteiger partial charge in [0, 0.05) is 14.1 Å². The van der Waals surface area contributed by atoms with Crippen molar-refractivity contribution in [3.63, 3.8) is 0 Å². The van der Waals surface area contributed by atoms with Crippen LogP contribution in [0, 0.1) is 11.3 Å². The van der Waals surface area contributed by atoms with E-state index >= 15 is 0 Å². The van der Waals surface area contributed by atoms with Crippen LogP contribution in [-0.4, -0.2) is 95.4 Å². The fraction of sp³-hybridized carbons (Fsp3) is 0.556. The Hall–Kier alpha value is -2.62. The molecular formula is C18H23N7O4. The highest BCUT2D eigenvalue weighted by Crippen LogP contribution is 2.47. The van der Waals surface area contributed by atoms with Gasteiger partial charge in [-0.25, -0.2) is 14.5 Å². The van der Waals surface area contributed by atoms with Crippen molar-refractivity contribution >= 4 is 17.7 Å². The molecule has 0 bridgehead atoms. The van der Waals surface area contributed by atoms with Crippen LogP contribution >= 0.6 is 0 Å². The third-order valence-electron chi connectivity index (χ3n) is 4.93. The molecule has 0 spiro atoms. The molecule has 2 aromatic rings. The molecule has 0 aliphatic carbocycles. The molecule has 2 saturated heterocycles. The molecule has 0 radical (unpaired) electrons. The quantitative estimate of drug-likeness (QED) is 0.531. The second-order valence-electron chi connectivity index (χ2n) is 7.42. The Kier molecular flexibility index (Phi) is 4.97. The predicted molar refractivity (Wildman–Crippen MR) is 101 cm³/mol. The van der Waals surface area contributed by atoms with Gasteiger partial charge in [-0.3, -0.25) is 4.90 Å². The Morgan fingerprint density at radius 3 is 2.79 bits per heavy atom. The van der Waals surface area contributed by atoms with Gasteiger partial charge < -0.3 is 24.2 Å². The molecule has 0 amide bonds. The lowest BCUT2D eigenvalue weighted by Crippen LogP contribution is -2.41. The molecule has 11 nitrogen and oxygen atoms in total. The van der Waals surface area contributed by atoms with Crippen LogP contribution in [-0.2, 0) is 19.8 Å². The van der Waals surface area contributed by atoms with Gasteiger partial charge in [0.05, 0.1) is 18.6 Å². The van der Waals surface area contributed by atoms with Gasteiger partial charge in [-0.05, 0) is 26.2 Å². The molecule has 0 saturated carbocycles. The molecule has 154 valence electrons. The van der Waals surface area contributed by atoms with Crippen LogP contribution in [0.3, 0.4) is 0 Å². The minimum absolute atomic E-state index is 0.301. The van der Waals surface area contributed by atoms with Gasteiger partial charge >= 0.3 is 0 Å². The SMILES string of the molecule is CN(C)/C=N\c1ncnn2c([C@]3(C#N)O[C@H](CO)[C@H]4OC(N(C)C)O[C@H]43)ccc12. The van der Waals surface area contributed by atoms with Gasteiger partial charge in [-0.2, -0.15) is 10.4 Å². The first-order valence-electron chi connectivity index (χ1n) is 9.12. The van der Waals surface area contributed by atoms with Crippen molar-refractivity contribution in [3.05, 3.63) is 24.2 Å². The van der Waals surface area contributed by atoms with E-state index in [0.29, 0.717) is 17.0 Å². The summed E-state index contributed by atoms with van der Waals surface area (Å²) in [5.41, 5.74) is -0.426. The Balaban J connectivity index is 1.81. The smallest absolute Gasteiger partial charge is 0.226 e. The molecule has 2 aromatic heterocycles. The zero-order valence-electron chi connectivity index (χ0n) is 16.6. The molecule has 2 fully saturated rings. The van der Waals surface area contributed by atoms with Crippen molar-refractivity contribution in [2.24, 2.45) is 4.99 Å². The fourth-order valence-electron chi connectivity index (χ4n) is 3.63. The largest absolute Gasteiger partial charge is 0.394 e. The first-order chi connectivity index (χ1) is 13.9. The number of ether oxygens (including phenoxy) is 3. The van der Waals surface area contributed by atoms with Crippen molar-refractivity contribution in [2.75, 3.05) is 34.8 Å². The van der Waals surface area contributed by atoms with Gasteiger partial charge in [0.15, 0.2) is 5.82 Å². The predicted octanol–water partition coefficient (Wildman–Crippen LogP) is -0.310. The second-order valence-corrected chi connectivity index (χ2v) is 7.42. The molecule has 11 heteroatoms. The first-order valence-corrected chi connectivity index (χ1v) is 9.12. The topological polar surface area (TPSA) is 121 Å². The summed E-state index contributed by atoms with van der Waals surface area (Å²) in [5, 5.41) is 24.3. The molecule has 1 unspecified atom stereocenters. The van der Waals surface area contributed by atoms with Crippen molar-refractivity contribution in [1.29, 1.82) is 5.26 Å². The van der Waals surface area contributed by atoms with Gasteiger partial charge in [-0.15, -0.1) is 0 Å². The molecule has 29 heavy (non-hydrogen) atoms. The maximum atomic E-state index is 10.2. The normalized spacial score (nSPS) is 31.6. The van der Waals surface area contributed by atoms with Crippen LogP contribution in [0.4, 0.5) is 5.82 Å². The number of nitrogens with zero attached hydrogens (tertiary/aromatic N) is 7. The number of nitriles is 1. The summed E-state index contributed by atoms with van der Waals surface area (Å²) >= 11 is 0. The highest BCUT2D eigenvalue weighted by molar-refractivity contribution is 5.71. The number of hydrogen-bond donors (Lipinski definition) is 1. The zero-order chi connectivity index (χ0) is 20.8. The van der Waals surface area contributed by atoms with Crippen LogP contribution in [0.15, 0.2) is 23.5 Å². The average Bonchev–Trinajstić information content (AvgIpc) is 3.39. The van der Waals surface area contributed by atoms with Crippen LogP contribution in [0.2, 0.25) is 0 Å². The van der Waals surface area contributed by atoms with E-state index in [9.17, 15) is 10.4 Å². The maximum absolute atomic E-state index is 10.2. The van der Waals surface area contributed by atoms with Crippen molar-refractivity contribution in [3.8, 4) is 6.07 Å². The summed E-state index contributed by atoms with van der Waals surface area (Å²) in [6.45, 7) is -0.301. The van der Waals surface area contributed by atoms with Crippen LogP contribution in [0.25, 0.3) is 5.52 Å². The monoisotopic (exact) mass is 401 g/mol. The van der Waals surface area contributed by atoms with Crippen molar-refractivity contribution < 1.29 is 19.3 Å². The van der Waals surface area contributed by atoms with E-state index in [1.165, 1.54) is 6.33 Å². The molecule has 1 N–H and O–H groups in total. The molecular weight excluding hydrogens is 378 g/mol. The van der Waals surface area contributed by atoms with Gasteiger partial charge in [-0.1, -0.05) is 0 Å². The number of fused-ring (bicyclic) bond motifs is 2. The molecule has 2 aliphatic rings. The average molecular weight is 401 g/mol.